The van der Waals surface area contributed by atoms with Crippen LogP contribution in [0.4, 0.5) is 0 Å². The molecule has 5 heteroatoms. The number of fused-ring (bicyclic) bond motifs is 2. The number of esters is 2. The van der Waals surface area contributed by atoms with Crippen molar-refractivity contribution in [2.75, 3.05) is 13.7 Å². The summed E-state index contributed by atoms with van der Waals surface area (Å²) < 4.78 is 10.7. The van der Waals surface area contributed by atoms with Crippen LogP contribution in [0.2, 0.25) is 0 Å². The third-order valence-electron chi connectivity index (χ3n) is 5.36. The summed E-state index contributed by atoms with van der Waals surface area (Å²) in [6, 6.07) is 0.375. The van der Waals surface area contributed by atoms with E-state index in [1.54, 1.807) is 0 Å². The number of carbonyl (C=O) groups is 2. The van der Waals surface area contributed by atoms with E-state index in [0.29, 0.717) is 6.04 Å². The molecule has 0 aromatic rings. The van der Waals surface area contributed by atoms with Crippen molar-refractivity contribution >= 4 is 11.9 Å². The lowest BCUT2D eigenvalue weighted by Crippen LogP contribution is -2.44. The van der Waals surface area contributed by atoms with Crippen molar-refractivity contribution in [1.29, 1.82) is 0 Å². The Balaban J connectivity index is 1.66. The number of hydrogen-bond acceptors (Lipinski definition) is 5. The van der Waals surface area contributed by atoms with Gasteiger partial charge in [-0.05, 0) is 31.7 Å². The van der Waals surface area contributed by atoms with Gasteiger partial charge in [0, 0.05) is 12.5 Å². The molecule has 3 rings (SSSR count). The first-order valence-corrected chi connectivity index (χ1v) is 8.20. The van der Waals surface area contributed by atoms with Gasteiger partial charge in [0.1, 0.15) is 6.10 Å². The van der Waals surface area contributed by atoms with Crippen molar-refractivity contribution < 1.29 is 19.1 Å². The van der Waals surface area contributed by atoms with Crippen molar-refractivity contribution in [3.8, 4) is 0 Å². The summed E-state index contributed by atoms with van der Waals surface area (Å²) in [5, 5.41) is 3.41. The fraction of sp³-hybridized carbons (Fsp3) is 0.875. The van der Waals surface area contributed by atoms with E-state index in [-0.39, 0.29) is 35.8 Å². The van der Waals surface area contributed by atoms with Gasteiger partial charge in [-0.2, -0.15) is 0 Å². The van der Waals surface area contributed by atoms with Gasteiger partial charge in [-0.15, -0.1) is 0 Å². The molecule has 0 spiro atoms. The predicted octanol–water partition coefficient (Wildman–Crippen LogP) is 1.65. The quantitative estimate of drug-likeness (QED) is 0.802. The molecular weight excluding hydrogens is 270 g/mol. The van der Waals surface area contributed by atoms with E-state index in [2.05, 4.69) is 5.32 Å². The summed E-state index contributed by atoms with van der Waals surface area (Å²) in [4.78, 5) is 24.4. The van der Waals surface area contributed by atoms with Crippen LogP contribution in [0, 0.1) is 17.8 Å². The second-order valence-electron chi connectivity index (χ2n) is 6.70. The Kier molecular flexibility index (Phi) is 4.48. The van der Waals surface area contributed by atoms with Crippen LogP contribution in [0.15, 0.2) is 0 Å². The van der Waals surface area contributed by atoms with Crippen LogP contribution in [0.5, 0.6) is 0 Å². The zero-order valence-corrected chi connectivity index (χ0v) is 12.7. The fourth-order valence-electron chi connectivity index (χ4n) is 4.22. The van der Waals surface area contributed by atoms with E-state index < -0.39 is 0 Å². The minimum atomic E-state index is -0.314. The third-order valence-corrected chi connectivity index (χ3v) is 5.36. The maximum atomic E-state index is 12.4. The smallest absolute Gasteiger partial charge is 0.312 e. The lowest BCUT2D eigenvalue weighted by atomic mass is 9.78. The third kappa shape index (κ3) is 3.07. The fourth-order valence-corrected chi connectivity index (χ4v) is 4.22. The average molecular weight is 295 g/mol. The largest absolute Gasteiger partial charge is 0.469 e. The molecule has 2 bridgehead atoms. The molecule has 4 atom stereocenters. The maximum absolute atomic E-state index is 12.4. The van der Waals surface area contributed by atoms with Crippen molar-refractivity contribution in [1.82, 2.24) is 5.32 Å². The first kappa shape index (κ1) is 14.8. The summed E-state index contributed by atoms with van der Waals surface area (Å²) in [5.74, 6) is -0.364. The topological polar surface area (TPSA) is 64.6 Å². The Hall–Kier alpha value is -1.10. The highest BCUT2D eigenvalue weighted by atomic mass is 16.6. The zero-order chi connectivity index (χ0) is 14.8. The Labute approximate surface area is 125 Å². The molecule has 0 amide bonds. The molecule has 21 heavy (non-hydrogen) atoms. The van der Waals surface area contributed by atoms with Crippen LogP contribution < -0.4 is 5.32 Å². The van der Waals surface area contributed by atoms with E-state index in [1.807, 2.05) is 0 Å². The molecule has 0 aromatic heterocycles. The highest BCUT2D eigenvalue weighted by Crippen LogP contribution is 2.38. The molecule has 1 N–H and O–H groups in total. The minimum absolute atomic E-state index is 0.0320. The van der Waals surface area contributed by atoms with Crippen LogP contribution in [0.1, 0.15) is 44.9 Å². The molecule has 3 unspecified atom stereocenters. The van der Waals surface area contributed by atoms with Gasteiger partial charge in [0.05, 0.1) is 18.9 Å². The SMILES string of the molecule is COC(=O)C1C(OC(=O)C2CCCCC2)CC2C[C@H]1CN2. The molecule has 1 saturated heterocycles. The molecule has 118 valence electrons. The van der Waals surface area contributed by atoms with Crippen LogP contribution >= 0.6 is 0 Å². The van der Waals surface area contributed by atoms with E-state index in [0.717, 1.165) is 45.1 Å². The van der Waals surface area contributed by atoms with E-state index in [1.165, 1.54) is 13.5 Å². The highest BCUT2D eigenvalue weighted by Gasteiger charge is 2.48. The van der Waals surface area contributed by atoms with Crippen LogP contribution in [-0.2, 0) is 19.1 Å². The van der Waals surface area contributed by atoms with Crippen LogP contribution in [0.3, 0.4) is 0 Å². The molecule has 3 fully saturated rings. The van der Waals surface area contributed by atoms with E-state index in [4.69, 9.17) is 9.47 Å². The van der Waals surface area contributed by atoms with Crippen molar-refractivity contribution in [3.05, 3.63) is 0 Å². The Morgan fingerprint density at radius 3 is 2.52 bits per heavy atom. The van der Waals surface area contributed by atoms with Crippen LogP contribution in [-0.4, -0.2) is 37.7 Å². The second-order valence-corrected chi connectivity index (χ2v) is 6.70. The van der Waals surface area contributed by atoms with Gasteiger partial charge in [0.15, 0.2) is 0 Å². The molecular formula is C16H25NO4. The predicted molar refractivity (Wildman–Crippen MR) is 76.5 cm³/mol. The molecule has 0 aromatic carbocycles. The number of ether oxygens (including phenoxy) is 2. The molecule has 1 heterocycles. The Bertz CT molecular complexity index is 405. The summed E-state index contributed by atoms with van der Waals surface area (Å²) >= 11 is 0. The number of nitrogens with one attached hydrogen (secondary N) is 1. The number of methoxy groups -OCH3 is 1. The van der Waals surface area contributed by atoms with Crippen LogP contribution in [0.25, 0.3) is 0 Å². The van der Waals surface area contributed by atoms with Gasteiger partial charge in [-0.1, -0.05) is 19.3 Å². The lowest BCUT2D eigenvalue weighted by molar-refractivity contribution is -0.169. The van der Waals surface area contributed by atoms with Gasteiger partial charge in [0.2, 0.25) is 0 Å². The van der Waals surface area contributed by atoms with Crippen molar-refractivity contribution in [3.63, 3.8) is 0 Å². The first-order chi connectivity index (χ1) is 10.2. The second kappa shape index (κ2) is 6.34. The molecule has 5 nitrogen and oxygen atoms in total. The van der Waals surface area contributed by atoms with Gasteiger partial charge >= 0.3 is 11.9 Å². The first-order valence-electron chi connectivity index (χ1n) is 8.20. The summed E-state index contributed by atoms with van der Waals surface area (Å²) in [6.45, 7) is 0.821. The van der Waals surface area contributed by atoms with Crippen molar-refractivity contribution in [2.45, 2.75) is 57.1 Å². The van der Waals surface area contributed by atoms with Gasteiger partial charge in [-0.25, -0.2) is 0 Å². The number of rotatable bonds is 3. The lowest BCUT2D eigenvalue weighted by Gasteiger charge is -2.34. The molecule has 2 aliphatic carbocycles. The monoisotopic (exact) mass is 295 g/mol. The van der Waals surface area contributed by atoms with Gasteiger partial charge < -0.3 is 14.8 Å². The molecule has 3 aliphatic rings. The molecule has 1 aliphatic heterocycles. The molecule has 0 radical (unpaired) electrons. The van der Waals surface area contributed by atoms with Gasteiger partial charge in [-0.3, -0.25) is 9.59 Å². The van der Waals surface area contributed by atoms with E-state index >= 15 is 0 Å². The summed E-state index contributed by atoms with van der Waals surface area (Å²) in [7, 11) is 1.41. The van der Waals surface area contributed by atoms with Gasteiger partial charge in [0.25, 0.3) is 0 Å². The number of carbonyl (C=O) groups excluding carboxylic acids is 2. The normalized spacial score (nSPS) is 36.2. The molecule has 2 saturated carbocycles. The average Bonchev–Trinajstić information content (AvgIpc) is 2.89. The Morgan fingerprint density at radius 2 is 1.81 bits per heavy atom. The summed E-state index contributed by atoms with van der Waals surface area (Å²) in [5.41, 5.74) is 0. The Morgan fingerprint density at radius 1 is 1.05 bits per heavy atom. The minimum Gasteiger partial charge on any atom is -0.469 e. The number of hydrogen-bond donors (Lipinski definition) is 1. The van der Waals surface area contributed by atoms with E-state index in [9.17, 15) is 9.59 Å². The summed E-state index contributed by atoms with van der Waals surface area (Å²) in [6.07, 6.45) is 6.69. The van der Waals surface area contributed by atoms with Crippen molar-refractivity contribution in [2.24, 2.45) is 17.8 Å². The standard InChI is InChI=1S/C16H25NO4/c1-20-16(19)14-11-7-12(17-9-11)8-13(14)21-15(18)10-5-3-2-4-6-10/h10-14,17H,2-9H2,1H3/t11-,12?,13?,14?/m0/s1. The maximum Gasteiger partial charge on any atom is 0.312 e. The zero-order valence-electron chi connectivity index (χ0n) is 12.7. The highest BCUT2D eigenvalue weighted by molar-refractivity contribution is 5.76.